The first-order valence-electron chi connectivity index (χ1n) is 8.03. The molecule has 0 saturated carbocycles. The summed E-state index contributed by atoms with van der Waals surface area (Å²) in [6.07, 6.45) is 0. The van der Waals surface area contributed by atoms with Gasteiger partial charge in [-0.25, -0.2) is 0 Å². The Morgan fingerprint density at radius 2 is 2.00 bits per heavy atom. The number of anilines is 1. The molecular weight excluding hydrogens is 292 g/mol. The van der Waals surface area contributed by atoms with E-state index in [1.807, 2.05) is 30.3 Å². The van der Waals surface area contributed by atoms with Gasteiger partial charge in [0.25, 0.3) is 0 Å². The van der Waals surface area contributed by atoms with Crippen LogP contribution in [0, 0.1) is 0 Å². The molecular formula is C17H20N4O2. The SMILES string of the molecule is c1ccc2c(c1)OCc1cc(NCCN3CCOCC3)nnc1-2. The largest absolute Gasteiger partial charge is 0.488 e. The van der Waals surface area contributed by atoms with E-state index >= 15 is 0 Å². The minimum atomic E-state index is 0.542. The van der Waals surface area contributed by atoms with Gasteiger partial charge in [0.15, 0.2) is 0 Å². The molecule has 2 aliphatic rings. The topological polar surface area (TPSA) is 59.5 Å². The van der Waals surface area contributed by atoms with Crippen molar-refractivity contribution in [3.63, 3.8) is 0 Å². The molecule has 2 aliphatic heterocycles. The second-order valence-electron chi connectivity index (χ2n) is 5.77. The van der Waals surface area contributed by atoms with Crippen molar-refractivity contribution in [3.8, 4) is 17.0 Å². The van der Waals surface area contributed by atoms with Crippen LogP contribution in [0.1, 0.15) is 5.56 Å². The molecule has 0 bridgehead atoms. The molecule has 2 aromatic rings. The number of fused-ring (bicyclic) bond motifs is 3. The number of nitrogens with zero attached hydrogens (tertiary/aromatic N) is 3. The van der Waals surface area contributed by atoms with E-state index in [4.69, 9.17) is 9.47 Å². The molecule has 4 rings (SSSR count). The Hall–Kier alpha value is -2.18. The molecule has 3 heterocycles. The minimum absolute atomic E-state index is 0.542. The average molecular weight is 312 g/mol. The molecule has 1 N–H and O–H groups in total. The molecule has 0 amide bonds. The molecule has 1 aromatic carbocycles. The molecule has 0 unspecified atom stereocenters. The smallest absolute Gasteiger partial charge is 0.149 e. The lowest BCUT2D eigenvalue weighted by Gasteiger charge is -2.26. The summed E-state index contributed by atoms with van der Waals surface area (Å²) in [5.41, 5.74) is 3.01. The second kappa shape index (κ2) is 6.52. The van der Waals surface area contributed by atoms with Gasteiger partial charge >= 0.3 is 0 Å². The number of rotatable bonds is 4. The summed E-state index contributed by atoms with van der Waals surface area (Å²) in [6.45, 7) is 6.04. The summed E-state index contributed by atoms with van der Waals surface area (Å²) in [5.74, 6) is 1.68. The van der Waals surface area contributed by atoms with Crippen molar-refractivity contribution in [1.29, 1.82) is 0 Å². The highest BCUT2D eigenvalue weighted by Gasteiger charge is 2.19. The van der Waals surface area contributed by atoms with Gasteiger partial charge in [-0.2, -0.15) is 0 Å². The number of hydrogen-bond donors (Lipinski definition) is 1. The van der Waals surface area contributed by atoms with Gasteiger partial charge in [-0.15, -0.1) is 10.2 Å². The van der Waals surface area contributed by atoms with Gasteiger partial charge in [0.2, 0.25) is 0 Å². The molecule has 6 nitrogen and oxygen atoms in total. The van der Waals surface area contributed by atoms with Gasteiger partial charge in [-0.05, 0) is 18.2 Å². The van der Waals surface area contributed by atoms with Crippen LogP contribution in [0.3, 0.4) is 0 Å². The Labute approximate surface area is 135 Å². The van der Waals surface area contributed by atoms with Crippen molar-refractivity contribution in [2.45, 2.75) is 6.61 Å². The van der Waals surface area contributed by atoms with Crippen LogP contribution in [0.15, 0.2) is 30.3 Å². The van der Waals surface area contributed by atoms with Crippen molar-refractivity contribution < 1.29 is 9.47 Å². The Kier molecular flexibility index (Phi) is 4.08. The minimum Gasteiger partial charge on any atom is -0.488 e. The van der Waals surface area contributed by atoms with Crippen molar-refractivity contribution in [3.05, 3.63) is 35.9 Å². The number of hydrogen-bond acceptors (Lipinski definition) is 6. The highest BCUT2D eigenvalue weighted by molar-refractivity contribution is 5.72. The summed E-state index contributed by atoms with van der Waals surface area (Å²) < 4.78 is 11.1. The molecule has 0 spiro atoms. The maximum atomic E-state index is 5.79. The summed E-state index contributed by atoms with van der Waals surface area (Å²) in [6, 6.07) is 9.99. The first-order chi connectivity index (χ1) is 11.4. The van der Waals surface area contributed by atoms with Crippen molar-refractivity contribution in [2.75, 3.05) is 44.7 Å². The lowest BCUT2D eigenvalue weighted by molar-refractivity contribution is 0.0398. The van der Waals surface area contributed by atoms with Crippen LogP contribution in [0.2, 0.25) is 0 Å². The van der Waals surface area contributed by atoms with Crippen LogP contribution in [0.5, 0.6) is 5.75 Å². The average Bonchev–Trinajstić information content (AvgIpc) is 2.62. The molecule has 1 saturated heterocycles. The summed E-state index contributed by atoms with van der Waals surface area (Å²) in [7, 11) is 0. The van der Waals surface area contributed by atoms with E-state index in [-0.39, 0.29) is 0 Å². The van der Waals surface area contributed by atoms with Crippen LogP contribution in [-0.4, -0.2) is 54.5 Å². The highest BCUT2D eigenvalue weighted by atomic mass is 16.5. The third kappa shape index (κ3) is 3.13. The molecule has 23 heavy (non-hydrogen) atoms. The van der Waals surface area contributed by atoms with E-state index < -0.39 is 0 Å². The Bertz CT molecular complexity index is 686. The molecule has 1 aromatic heterocycles. The monoisotopic (exact) mass is 312 g/mol. The van der Waals surface area contributed by atoms with Crippen LogP contribution >= 0.6 is 0 Å². The van der Waals surface area contributed by atoms with Crippen LogP contribution < -0.4 is 10.1 Å². The van der Waals surface area contributed by atoms with E-state index in [0.29, 0.717) is 6.61 Å². The van der Waals surface area contributed by atoms with E-state index in [9.17, 15) is 0 Å². The van der Waals surface area contributed by atoms with Crippen LogP contribution in [-0.2, 0) is 11.3 Å². The highest BCUT2D eigenvalue weighted by Crippen LogP contribution is 2.35. The zero-order valence-corrected chi connectivity index (χ0v) is 13.0. The standard InChI is InChI=1S/C17H20N4O2/c1-2-4-15-14(3-1)17-13(12-23-15)11-16(19-20-17)18-5-6-21-7-9-22-10-8-21/h1-4,11H,5-10,12H2,(H,18,19). The molecule has 120 valence electrons. The third-order valence-electron chi connectivity index (χ3n) is 4.24. The molecule has 0 atom stereocenters. The second-order valence-corrected chi connectivity index (χ2v) is 5.77. The van der Waals surface area contributed by atoms with Gasteiger partial charge in [0.05, 0.1) is 13.2 Å². The first kappa shape index (κ1) is 14.4. The Morgan fingerprint density at radius 3 is 2.91 bits per heavy atom. The number of benzene rings is 1. The van der Waals surface area contributed by atoms with E-state index in [0.717, 1.165) is 67.8 Å². The van der Waals surface area contributed by atoms with Gasteiger partial charge < -0.3 is 14.8 Å². The maximum absolute atomic E-state index is 5.79. The van der Waals surface area contributed by atoms with Gasteiger partial charge in [0, 0.05) is 37.3 Å². The van der Waals surface area contributed by atoms with Gasteiger partial charge in [-0.3, -0.25) is 4.90 Å². The fourth-order valence-corrected chi connectivity index (χ4v) is 2.96. The lowest BCUT2D eigenvalue weighted by atomic mass is 10.0. The van der Waals surface area contributed by atoms with E-state index in [1.54, 1.807) is 0 Å². The fourth-order valence-electron chi connectivity index (χ4n) is 2.96. The third-order valence-corrected chi connectivity index (χ3v) is 4.24. The predicted molar refractivity (Wildman–Crippen MR) is 87.5 cm³/mol. The maximum Gasteiger partial charge on any atom is 0.149 e. The van der Waals surface area contributed by atoms with Crippen molar-refractivity contribution in [1.82, 2.24) is 15.1 Å². The summed E-state index contributed by atoms with van der Waals surface area (Å²) >= 11 is 0. The summed E-state index contributed by atoms with van der Waals surface area (Å²) in [4.78, 5) is 2.39. The molecule has 1 fully saturated rings. The van der Waals surface area contributed by atoms with Gasteiger partial charge in [-0.1, -0.05) is 12.1 Å². The van der Waals surface area contributed by atoms with E-state index in [1.165, 1.54) is 0 Å². The van der Waals surface area contributed by atoms with Crippen LogP contribution in [0.25, 0.3) is 11.3 Å². The predicted octanol–water partition coefficient (Wildman–Crippen LogP) is 1.78. The molecule has 0 aliphatic carbocycles. The fraction of sp³-hybridized carbons (Fsp3) is 0.412. The summed E-state index contributed by atoms with van der Waals surface area (Å²) in [5, 5.41) is 12.1. The Balaban J connectivity index is 1.42. The number of ether oxygens (including phenoxy) is 2. The van der Waals surface area contributed by atoms with Crippen molar-refractivity contribution >= 4 is 5.82 Å². The van der Waals surface area contributed by atoms with E-state index in [2.05, 4.69) is 20.4 Å². The number of morpholine rings is 1. The van der Waals surface area contributed by atoms with Crippen LogP contribution in [0.4, 0.5) is 5.82 Å². The normalized spacial score (nSPS) is 17.0. The molecule has 6 heteroatoms. The molecule has 0 radical (unpaired) electrons. The number of aromatic nitrogens is 2. The quantitative estimate of drug-likeness (QED) is 0.929. The lowest BCUT2D eigenvalue weighted by Crippen LogP contribution is -2.39. The Morgan fingerprint density at radius 1 is 1.13 bits per heavy atom. The van der Waals surface area contributed by atoms with Gasteiger partial charge in [0.1, 0.15) is 23.9 Å². The first-order valence-corrected chi connectivity index (χ1v) is 8.03. The number of para-hydroxylation sites is 1. The zero-order chi connectivity index (χ0) is 15.5. The van der Waals surface area contributed by atoms with Crippen molar-refractivity contribution in [2.24, 2.45) is 0 Å². The number of nitrogens with one attached hydrogen (secondary N) is 1. The zero-order valence-electron chi connectivity index (χ0n) is 13.0.